The molecule has 0 aliphatic heterocycles. The lowest BCUT2D eigenvalue weighted by Gasteiger charge is -2.30. The summed E-state index contributed by atoms with van der Waals surface area (Å²) in [6.07, 6.45) is 87.6. The van der Waals surface area contributed by atoms with E-state index in [0.717, 1.165) is 103 Å². The number of nitrogens with zero attached hydrogens (tertiary/aromatic N) is 1. The van der Waals surface area contributed by atoms with Crippen molar-refractivity contribution in [3.8, 4) is 0 Å². The monoisotopic (exact) mass is 1240 g/mol. The third kappa shape index (κ3) is 67.7. The van der Waals surface area contributed by atoms with Crippen molar-refractivity contribution in [3.05, 3.63) is 72.9 Å². The molecule has 0 saturated carbocycles. The smallest absolute Gasteiger partial charge is 0.306 e. The van der Waals surface area contributed by atoms with E-state index in [9.17, 15) is 19.0 Å². The first-order valence-electron chi connectivity index (χ1n) is 37.2. The fourth-order valence-corrected chi connectivity index (χ4v) is 11.7. The van der Waals surface area contributed by atoms with Crippen LogP contribution < -0.4 is 10.2 Å². The summed E-state index contributed by atoms with van der Waals surface area (Å²) in [7, 11) is 1.19. The standard InChI is InChI=1S/C77H143N2O7P/c1-7-10-13-16-19-22-25-27-29-31-33-35-37-38-39-40-42-43-45-47-49-51-54-57-60-63-66-69-76(80)78-74(73-85-87(82,83)84-72-71-79(4,5)6)75(68-65-62-59-56-53-24-21-18-15-12-9-3)86-77(81)70-67-64-61-58-55-52-50-48-46-44-41-36-34-32-30-28-26-23-20-17-14-11-8-2/h11,14,20,23,28,30,34,36,44,46,65,68,74-75H,7-10,12-13,15-19,21-22,24-27,29,31-33,35,37-43,45,47-64,66-67,69-73H2,1-6H3,(H-,78,80,82,83)/b14-11-,23-20-,30-28-,36-34-,46-44-,68-65+. The van der Waals surface area contributed by atoms with E-state index < -0.39 is 26.6 Å². The number of hydrogen-bond donors (Lipinski definition) is 1. The van der Waals surface area contributed by atoms with Crippen molar-refractivity contribution in [2.75, 3.05) is 40.9 Å². The topological polar surface area (TPSA) is 114 Å². The molecule has 0 fully saturated rings. The van der Waals surface area contributed by atoms with Gasteiger partial charge in [0.15, 0.2) is 0 Å². The molecule has 10 heteroatoms. The Kier molecular flexibility index (Phi) is 64.4. The molecular weight excluding hydrogens is 1100 g/mol. The van der Waals surface area contributed by atoms with E-state index in [-0.39, 0.29) is 24.9 Å². The van der Waals surface area contributed by atoms with Gasteiger partial charge in [0.1, 0.15) is 19.3 Å². The van der Waals surface area contributed by atoms with Gasteiger partial charge in [-0.3, -0.25) is 14.2 Å². The molecule has 0 heterocycles. The van der Waals surface area contributed by atoms with Gasteiger partial charge in [0.05, 0.1) is 33.8 Å². The van der Waals surface area contributed by atoms with Gasteiger partial charge >= 0.3 is 5.97 Å². The Morgan fingerprint density at radius 1 is 0.414 bits per heavy atom. The Bertz CT molecular complexity index is 1720. The van der Waals surface area contributed by atoms with Crippen molar-refractivity contribution < 1.29 is 37.3 Å². The molecule has 0 aliphatic rings. The minimum absolute atomic E-state index is 0.0247. The normalized spacial score (nSPS) is 13.9. The molecule has 0 aromatic heterocycles. The second-order valence-electron chi connectivity index (χ2n) is 26.4. The van der Waals surface area contributed by atoms with Crippen LogP contribution >= 0.6 is 7.82 Å². The highest BCUT2D eigenvalue weighted by Crippen LogP contribution is 2.38. The minimum Gasteiger partial charge on any atom is -0.756 e. The number of carbonyl (C=O) groups is 2. The van der Waals surface area contributed by atoms with Crippen molar-refractivity contribution in [2.45, 2.75) is 367 Å². The zero-order chi connectivity index (χ0) is 63.5. The minimum atomic E-state index is -4.71. The summed E-state index contributed by atoms with van der Waals surface area (Å²) in [4.78, 5) is 40.2. The zero-order valence-electron chi connectivity index (χ0n) is 58.2. The van der Waals surface area contributed by atoms with Gasteiger partial charge in [-0.1, -0.05) is 338 Å². The van der Waals surface area contributed by atoms with Gasteiger partial charge < -0.3 is 28.5 Å². The number of carbonyl (C=O) groups excluding carboxylic acids is 2. The SMILES string of the molecule is CC/C=C\C/C=C\C/C=C\C/C=C\C/C=C\CCCCCCCCCC(=O)OC(/C=C/CCCCCCCCCCC)C(COP(=O)([O-])OCC[N+](C)(C)C)NC(=O)CCCCCCCCCCCCCCCCCCCCCCCCCCCCC. The van der Waals surface area contributed by atoms with E-state index in [1.54, 1.807) is 0 Å². The number of allylic oxidation sites excluding steroid dienone is 11. The molecule has 0 bridgehead atoms. The van der Waals surface area contributed by atoms with Gasteiger partial charge in [-0.15, -0.1) is 0 Å². The first-order valence-corrected chi connectivity index (χ1v) is 38.7. The first-order chi connectivity index (χ1) is 42.4. The summed E-state index contributed by atoms with van der Waals surface area (Å²) < 4.78 is 30.5. The van der Waals surface area contributed by atoms with Crippen molar-refractivity contribution in [1.29, 1.82) is 0 Å². The number of rotatable bonds is 68. The molecule has 0 radical (unpaired) electrons. The Hall–Kier alpha value is -2.55. The quantitative estimate of drug-likeness (QED) is 0.0212. The number of unbranched alkanes of at least 4 members (excludes halogenated alkanes) is 42. The lowest BCUT2D eigenvalue weighted by Crippen LogP contribution is -2.47. The third-order valence-corrected chi connectivity index (χ3v) is 17.6. The van der Waals surface area contributed by atoms with Crippen LogP contribution in [0.25, 0.3) is 0 Å². The highest BCUT2D eigenvalue weighted by atomic mass is 31.2. The molecule has 0 aromatic rings. The van der Waals surface area contributed by atoms with Crippen LogP contribution in [-0.2, 0) is 27.9 Å². The molecule has 0 saturated heterocycles. The van der Waals surface area contributed by atoms with Crippen LogP contribution in [-0.4, -0.2) is 69.4 Å². The molecule has 0 aliphatic carbocycles. The molecular formula is C77H143N2O7P. The summed E-state index contributed by atoms with van der Waals surface area (Å²) in [6.45, 7) is 6.76. The molecule has 1 amide bonds. The third-order valence-electron chi connectivity index (χ3n) is 16.7. The highest BCUT2D eigenvalue weighted by molar-refractivity contribution is 7.45. The maximum absolute atomic E-state index is 13.6. The van der Waals surface area contributed by atoms with Gasteiger partial charge in [0, 0.05) is 12.8 Å². The molecule has 1 N–H and O–H groups in total. The second-order valence-corrected chi connectivity index (χ2v) is 27.8. The summed E-state index contributed by atoms with van der Waals surface area (Å²) in [5, 5.41) is 3.05. The number of hydrogen-bond acceptors (Lipinski definition) is 7. The average Bonchev–Trinajstić information content (AvgIpc) is 3.70. The number of ether oxygens (including phenoxy) is 1. The fraction of sp³-hybridized carbons (Fsp3) is 0.818. The van der Waals surface area contributed by atoms with E-state index in [4.69, 9.17) is 13.8 Å². The van der Waals surface area contributed by atoms with Gasteiger partial charge in [-0.25, -0.2) is 0 Å². The molecule has 0 spiro atoms. The predicted octanol–water partition coefficient (Wildman–Crippen LogP) is 23.3. The van der Waals surface area contributed by atoms with E-state index in [2.05, 4.69) is 86.8 Å². The first kappa shape index (κ1) is 84.5. The second kappa shape index (κ2) is 66.4. The van der Waals surface area contributed by atoms with E-state index in [1.165, 1.54) is 218 Å². The number of quaternary nitrogens is 1. The number of phosphoric ester groups is 1. The lowest BCUT2D eigenvalue weighted by molar-refractivity contribution is -0.870. The highest BCUT2D eigenvalue weighted by Gasteiger charge is 2.27. The van der Waals surface area contributed by atoms with Crippen LogP contribution in [0.15, 0.2) is 72.9 Å². The maximum Gasteiger partial charge on any atom is 0.306 e. The maximum atomic E-state index is 13.6. The van der Waals surface area contributed by atoms with Crippen molar-refractivity contribution in [1.82, 2.24) is 5.32 Å². The Morgan fingerprint density at radius 3 is 1.10 bits per heavy atom. The van der Waals surface area contributed by atoms with E-state index in [1.807, 2.05) is 33.3 Å². The van der Waals surface area contributed by atoms with Crippen molar-refractivity contribution >= 4 is 19.7 Å². The van der Waals surface area contributed by atoms with Crippen LogP contribution in [0.1, 0.15) is 355 Å². The van der Waals surface area contributed by atoms with E-state index in [0.29, 0.717) is 17.4 Å². The summed E-state index contributed by atoms with van der Waals surface area (Å²) >= 11 is 0. The number of phosphoric acid groups is 1. The Morgan fingerprint density at radius 2 is 0.736 bits per heavy atom. The average molecular weight is 1240 g/mol. The van der Waals surface area contributed by atoms with Gasteiger partial charge in [-0.2, -0.15) is 0 Å². The molecule has 9 nitrogen and oxygen atoms in total. The van der Waals surface area contributed by atoms with Crippen LogP contribution in [0.4, 0.5) is 0 Å². The fourth-order valence-electron chi connectivity index (χ4n) is 11.0. The van der Waals surface area contributed by atoms with Gasteiger partial charge in [0.25, 0.3) is 7.82 Å². The Labute approximate surface area is 540 Å². The lowest BCUT2D eigenvalue weighted by atomic mass is 10.0. The zero-order valence-corrected chi connectivity index (χ0v) is 59.1. The number of esters is 1. The molecule has 0 rings (SSSR count). The largest absolute Gasteiger partial charge is 0.756 e. The van der Waals surface area contributed by atoms with Gasteiger partial charge in [-0.05, 0) is 76.7 Å². The van der Waals surface area contributed by atoms with Crippen LogP contribution in [0.3, 0.4) is 0 Å². The van der Waals surface area contributed by atoms with Crippen molar-refractivity contribution in [2.24, 2.45) is 0 Å². The number of likely N-dealkylation sites (N-methyl/N-ethyl adjacent to an activating group) is 1. The number of amides is 1. The molecule has 508 valence electrons. The van der Waals surface area contributed by atoms with Gasteiger partial charge in [0.2, 0.25) is 5.91 Å². The Balaban J connectivity index is 4.95. The summed E-state index contributed by atoms with van der Waals surface area (Å²) in [5.41, 5.74) is 0. The summed E-state index contributed by atoms with van der Waals surface area (Å²) in [5.74, 6) is -0.541. The van der Waals surface area contributed by atoms with Crippen molar-refractivity contribution in [3.63, 3.8) is 0 Å². The van der Waals surface area contributed by atoms with E-state index >= 15 is 0 Å². The van der Waals surface area contributed by atoms with Crippen LogP contribution in [0, 0.1) is 0 Å². The van der Waals surface area contributed by atoms with Crippen LogP contribution in [0.2, 0.25) is 0 Å². The van der Waals surface area contributed by atoms with Crippen LogP contribution in [0.5, 0.6) is 0 Å². The molecule has 87 heavy (non-hydrogen) atoms. The summed E-state index contributed by atoms with van der Waals surface area (Å²) in [6, 6.07) is -0.895. The molecule has 3 unspecified atom stereocenters. The number of nitrogens with one attached hydrogen (secondary N) is 1. The predicted molar refractivity (Wildman–Crippen MR) is 376 cm³/mol. The molecule has 3 atom stereocenters. The molecule has 0 aromatic carbocycles.